The highest BCUT2D eigenvalue weighted by Gasteiger charge is 2.80. The number of hydrogen-bond acceptors (Lipinski definition) is 8. The molecule has 10 atom stereocenters. The molecule has 0 amide bonds. The number of fused-ring (bicyclic) bond motifs is 2. The van der Waals surface area contributed by atoms with Crippen LogP contribution in [0, 0.1) is 39.9 Å². The smallest absolute Gasteiger partial charge is 0.311 e. The van der Waals surface area contributed by atoms with Crippen molar-refractivity contribution in [1.29, 1.82) is 0 Å². The average Bonchev–Trinajstić information content (AvgIpc) is 3.20. The van der Waals surface area contributed by atoms with Crippen molar-refractivity contribution in [2.24, 2.45) is 39.9 Å². The van der Waals surface area contributed by atoms with E-state index in [1.807, 2.05) is 6.92 Å². The Balaban J connectivity index is 1.72. The van der Waals surface area contributed by atoms with Crippen molar-refractivity contribution in [3.05, 3.63) is 0 Å². The number of hydrogen-bond donors (Lipinski definition) is 1. The summed E-state index contributed by atoms with van der Waals surface area (Å²) in [7, 11) is 0. The molecule has 34 heavy (non-hydrogen) atoms. The molecule has 190 valence electrons. The maximum atomic E-state index is 12.9. The molecule has 0 aromatic heterocycles. The Morgan fingerprint density at radius 1 is 1.15 bits per heavy atom. The first-order valence-corrected chi connectivity index (χ1v) is 12.9. The summed E-state index contributed by atoms with van der Waals surface area (Å²) in [6.45, 7) is 9.91. The molecule has 2 saturated heterocycles. The summed E-state index contributed by atoms with van der Waals surface area (Å²) >= 11 is 0. The van der Waals surface area contributed by atoms with Gasteiger partial charge in [-0.15, -0.1) is 0 Å². The molecule has 3 aliphatic carbocycles. The highest BCUT2D eigenvalue weighted by atomic mass is 16.8. The third-order valence-electron chi connectivity index (χ3n) is 9.92. The Kier molecular flexibility index (Phi) is 5.60. The molecular weight excluding hydrogens is 440 g/mol. The van der Waals surface area contributed by atoms with Gasteiger partial charge in [-0.3, -0.25) is 14.4 Å². The third kappa shape index (κ3) is 3.06. The van der Waals surface area contributed by atoms with Gasteiger partial charge in [0.15, 0.2) is 12.4 Å². The van der Waals surface area contributed by atoms with Crippen LogP contribution in [0.5, 0.6) is 0 Å². The SMILES string of the molecule is CCCC(=O)O[C@H]1[C@@H](OC(C)=O)[C@@]23C(CC[C@H]4C(=O)O[C@@H](O[C@H]2O)[C@H]43)[C@@]2(C)CCCC(C)(C)[C@H]12. The summed E-state index contributed by atoms with van der Waals surface area (Å²) in [5.74, 6) is -2.19. The lowest BCUT2D eigenvalue weighted by molar-refractivity contribution is -0.310. The normalized spacial score (nSPS) is 48.2. The first-order valence-electron chi connectivity index (χ1n) is 12.9. The minimum Gasteiger partial charge on any atom is -0.458 e. The van der Waals surface area contributed by atoms with E-state index in [0.717, 1.165) is 19.3 Å². The number of esters is 3. The number of carbonyl (C=O) groups is 3. The molecule has 2 heterocycles. The summed E-state index contributed by atoms with van der Waals surface area (Å²) in [5.41, 5.74) is -1.56. The van der Waals surface area contributed by atoms with Crippen LogP contribution >= 0.6 is 0 Å². The highest BCUT2D eigenvalue weighted by molar-refractivity contribution is 5.76. The lowest BCUT2D eigenvalue weighted by Gasteiger charge is -2.68. The van der Waals surface area contributed by atoms with Crippen molar-refractivity contribution in [1.82, 2.24) is 0 Å². The van der Waals surface area contributed by atoms with E-state index in [-0.39, 0.29) is 41.0 Å². The second-order valence-electron chi connectivity index (χ2n) is 12.1. The summed E-state index contributed by atoms with van der Waals surface area (Å²) in [6, 6.07) is 0. The first-order chi connectivity index (χ1) is 16.0. The Morgan fingerprint density at radius 2 is 1.88 bits per heavy atom. The van der Waals surface area contributed by atoms with Crippen LogP contribution in [-0.2, 0) is 33.3 Å². The van der Waals surface area contributed by atoms with Crippen LogP contribution in [-0.4, -0.2) is 47.8 Å². The Morgan fingerprint density at radius 3 is 2.56 bits per heavy atom. The van der Waals surface area contributed by atoms with Crippen LogP contribution in [0.25, 0.3) is 0 Å². The number of carbonyl (C=O) groups excluding carboxylic acids is 3. The van der Waals surface area contributed by atoms with E-state index in [9.17, 15) is 19.5 Å². The number of aliphatic hydroxyl groups is 1. The lowest BCUT2D eigenvalue weighted by Crippen LogP contribution is -2.73. The molecule has 0 aromatic rings. The highest BCUT2D eigenvalue weighted by Crippen LogP contribution is 2.74. The van der Waals surface area contributed by atoms with E-state index in [1.165, 1.54) is 6.92 Å². The van der Waals surface area contributed by atoms with E-state index < -0.39 is 48.0 Å². The van der Waals surface area contributed by atoms with E-state index in [0.29, 0.717) is 19.3 Å². The maximum absolute atomic E-state index is 12.9. The predicted molar refractivity (Wildman–Crippen MR) is 119 cm³/mol. The molecule has 0 aromatic carbocycles. The van der Waals surface area contributed by atoms with Crippen molar-refractivity contribution in [2.75, 3.05) is 0 Å². The van der Waals surface area contributed by atoms with Crippen LogP contribution in [0.1, 0.15) is 79.6 Å². The van der Waals surface area contributed by atoms with Crippen LogP contribution in [0.15, 0.2) is 0 Å². The van der Waals surface area contributed by atoms with Crippen molar-refractivity contribution in [3.8, 4) is 0 Å². The van der Waals surface area contributed by atoms with E-state index >= 15 is 0 Å². The zero-order chi connectivity index (χ0) is 24.6. The largest absolute Gasteiger partial charge is 0.458 e. The maximum Gasteiger partial charge on any atom is 0.311 e. The second kappa shape index (κ2) is 7.92. The van der Waals surface area contributed by atoms with Gasteiger partial charge in [-0.1, -0.05) is 34.1 Å². The molecule has 2 aliphatic heterocycles. The van der Waals surface area contributed by atoms with E-state index in [2.05, 4.69) is 20.8 Å². The zero-order valence-corrected chi connectivity index (χ0v) is 20.9. The topological polar surface area (TPSA) is 108 Å². The molecule has 3 saturated carbocycles. The average molecular weight is 479 g/mol. The molecule has 1 spiro atoms. The van der Waals surface area contributed by atoms with Gasteiger partial charge in [0.05, 0.1) is 11.3 Å². The van der Waals surface area contributed by atoms with Crippen LogP contribution in [0.3, 0.4) is 0 Å². The number of ether oxygens (including phenoxy) is 4. The fourth-order valence-corrected chi connectivity index (χ4v) is 9.14. The van der Waals surface area contributed by atoms with Crippen LogP contribution in [0.4, 0.5) is 0 Å². The van der Waals surface area contributed by atoms with E-state index in [4.69, 9.17) is 18.9 Å². The zero-order valence-electron chi connectivity index (χ0n) is 20.9. The van der Waals surface area contributed by atoms with E-state index in [1.54, 1.807) is 0 Å². The minimum atomic E-state index is -1.29. The Labute approximate surface area is 201 Å². The molecule has 5 aliphatic rings. The van der Waals surface area contributed by atoms with Gasteiger partial charge in [0.1, 0.15) is 6.10 Å². The van der Waals surface area contributed by atoms with Gasteiger partial charge in [-0.05, 0) is 48.9 Å². The van der Waals surface area contributed by atoms with Gasteiger partial charge in [0.2, 0.25) is 6.29 Å². The summed E-state index contributed by atoms with van der Waals surface area (Å²) in [4.78, 5) is 38.2. The molecule has 8 heteroatoms. The fraction of sp³-hybridized carbons (Fsp3) is 0.885. The van der Waals surface area contributed by atoms with Crippen LogP contribution in [0.2, 0.25) is 0 Å². The predicted octanol–water partition coefficient (Wildman–Crippen LogP) is 3.34. The number of rotatable bonds is 4. The molecule has 1 N–H and O–H groups in total. The van der Waals surface area contributed by atoms with Gasteiger partial charge in [-0.2, -0.15) is 0 Å². The first kappa shape index (κ1) is 24.0. The van der Waals surface area contributed by atoms with Crippen molar-refractivity contribution < 1.29 is 38.4 Å². The second-order valence-corrected chi connectivity index (χ2v) is 12.1. The van der Waals surface area contributed by atoms with Crippen LogP contribution < -0.4 is 0 Å². The monoisotopic (exact) mass is 478 g/mol. The molecule has 1 unspecified atom stereocenters. The van der Waals surface area contributed by atoms with Gasteiger partial charge in [0, 0.05) is 25.2 Å². The van der Waals surface area contributed by atoms with Gasteiger partial charge in [-0.25, -0.2) is 0 Å². The quantitative estimate of drug-likeness (QED) is 0.484. The van der Waals surface area contributed by atoms with Gasteiger partial charge < -0.3 is 24.1 Å². The fourth-order valence-electron chi connectivity index (χ4n) is 9.14. The number of aliphatic hydroxyl groups excluding tert-OH is 1. The van der Waals surface area contributed by atoms with Crippen molar-refractivity contribution in [2.45, 2.75) is 104 Å². The standard InChI is InChI=1S/C26H38O8/c1-6-8-16(28)32-18-19-24(3,4)11-7-12-25(19,5)15-10-9-14-17-22(33-21(14)29)34-23(30)26(15,17)20(18)31-13(2)27/h14-15,17-20,22-23,30H,6-12H2,1-5H3/t14-,15?,17+,18-,19+,20-,22+,23-,25-,26+/m1/s1. The summed E-state index contributed by atoms with van der Waals surface area (Å²) in [5, 5.41) is 11.5. The molecule has 8 nitrogen and oxygen atoms in total. The Hall–Kier alpha value is -1.67. The Bertz CT molecular complexity index is 884. The molecule has 0 bridgehead atoms. The summed E-state index contributed by atoms with van der Waals surface area (Å²) in [6.07, 6.45) is 1.31. The lowest BCUT2D eigenvalue weighted by atomic mass is 9.37. The van der Waals surface area contributed by atoms with Crippen molar-refractivity contribution in [3.63, 3.8) is 0 Å². The molecule has 5 fully saturated rings. The van der Waals surface area contributed by atoms with Crippen molar-refractivity contribution >= 4 is 17.9 Å². The molecular formula is C26H38O8. The molecule has 5 rings (SSSR count). The third-order valence-corrected chi connectivity index (χ3v) is 9.92. The van der Waals surface area contributed by atoms with Gasteiger partial charge >= 0.3 is 17.9 Å². The summed E-state index contributed by atoms with van der Waals surface area (Å²) < 4.78 is 23.7. The van der Waals surface area contributed by atoms with Gasteiger partial charge in [0.25, 0.3) is 0 Å². The molecule has 0 radical (unpaired) electrons. The minimum absolute atomic E-state index is 0.0737.